The lowest BCUT2D eigenvalue weighted by Gasteiger charge is -2.45. The minimum atomic E-state index is -1.14. The van der Waals surface area contributed by atoms with E-state index in [0.29, 0.717) is 12.8 Å². The van der Waals surface area contributed by atoms with Gasteiger partial charge < -0.3 is 0 Å². The highest BCUT2D eigenvalue weighted by Crippen LogP contribution is 2.45. The molecule has 2 aliphatic rings. The molecule has 2 heterocycles. The van der Waals surface area contributed by atoms with Crippen LogP contribution in [0.1, 0.15) is 36.8 Å². The van der Waals surface area contributed by atoms with Gasteiger partial charge in [-0.05, 0) is 62.0 Å². The second-order valence-corrected chi connectivity index (χ2v) is 9.07. The van der Waals surface area contributed by atoms with E-state index in [2.05, 4.69) is 38.3 Å². The number of carbonyl (C=O) groups is 2. The van der Waals surface area contributed by atoms with Crippen LogP contribution >= 0.6 is 15.9 Å². The topological polar surface area (TPSA) is 49.4 Å². The van der Waals surface area contributed by atoms with Gasteiger partial charge in [0.15, 0.2) is 0 Å². The summed E-state index contributed by atoms with van der Waals surface area (Å²) in [6.45, 7) is 2.35. The highest BCUT2D eigenvalue weighted by molar-refractivity contribution is 9.10. The number of rotatable bonds is 4. The number of amides is 2. The number of nitrogens with one attached hydrogen (secondary N) is 1. The van der Waals surface area contributed by atoms with E-state index in [0.717, 1.165) is 30.2 Å². The van der Waals surface area contributed by atoms with Crippen molar-refractivity contribution in [1.29, 1.82) is 0 Å². The van der Waals surface area contributed by atoms with Crippen LogP contribution in [-0.2, 0) is 21.5 Å². The molecule has 2 amide bonds. The summed E-state index contributed by atoms with van der Waals surface area (Å²) in [6, 6.07) is 11.6. The van der Waals surface area contributed by atoms with Crippen LogP contribution in [0.25, 0.3) is 0 Å². The molecule has 158 valence electrons. The smallest absolute Gasteiger partial charge is 0.237 e. The Morgan fingerprint density at radius 2 is 1.77 bits per heavy atom. The van der Waals surface area contributed by atoms with Crippen molar-refractivity contribution in [1.82, 2.24) is 10.2 Å². The van der Waals surface area contributed by atoms with Crippen LogP contribution in [0, 0.1) is 17.6 Å². The molecule has 2 aromatic rings. The van der Waals surface area contributed by atoms with Crippen LogP contribution in [-0.4, -0.2) is 29.8 Å². The lowest BCUT2D eigenvalue weighted by molar-refractivity contribution is -0.140. The number of piperidine rings is 2. The number of likely N-dealkylation sites (tertiary alicyclic amines) is 1. The Bertz CT molecular complexity index is 958. The molecule has 0 radical (unpaired) electrons. The molecule has 0 bridgehead atoms. The zero-order valence-electron chi connectivity index (χ0n) is 16.5. The highest BCUT2D eigenvalue weighted by Gasteiger charge is 2.51. The molecule has 4 nitrogen and oxygen atoms in total. The van der Waals surface area contributed by atoms with E-state index in [-0.39, 0.29) is 30.2 Å². The summed E-state index contributed by atoms with van der Waals surface area (Å²) >= 11 is 3.44. The van der Waals surface area contributed by atoms with Crippen molar-refractivity contribution in [2.24, 2.45) is 5.92 Å². The van der Waals surface area contributed by atoms with E-state index < -0.39 is 23.0 Å². The van der Waals surface area contributed by atoms with Gasteiger partial charge in [0.2, 0.25) is 11.8 Å². The van der Waals surface area contributed by atoms with E-state index in [4.69, 9.17) is 0 Å². The van der Waals surface area contributed by atoms with Crippen LogP contribution in [0.3, 0.4) is 0 Å². The molecular weight excluding hydrogens is 454 g/mol. The van der Waals surface area contributed by atoms with Gasteiger partial charge in [0.25, 0.3) is 0 Å². The lowest BCUT2D eigenvalue weighted by atomic mass is 9.62. The minimum absolute atomic E-state index is 0.119. The van der Waals surface area contributed by atoms with Crippen LogP contribution in [0.15, 0.2) is 46.9 Å². The molecule has 1 N–H and O–H groups in total. The summed E-state index contributed by atoms with van der Waals surface area (Å²) in [5, 5.41) is 2.41. The molecule has 4 rings (SSSR count). The average molecular weight is 477 g/mol. The van der Waals surface area contributed by atoms with Gasteiger partial charge in [-0.3, -0.25) is 19.8 Å². The van der Waals surface area contributed by atoms with E-state index in [1.54, 1.807) is 0 Å². The summed E-state index contributed by atoms with van der Waals surface area (Å²) in [6.07, 6.45) is 1.81. The monoisotopic (exact) mass is 476 g/mol. The normalized spacial score (nSPS) is 23.4. The number of imide groups is 1. The molecule has 1 atom stereocenters. The van der Waals surface area contributed by atoms with Crippen molar-refractivity contribution >= 4 is 27.7 Å². The zero-order valence-corrected chi connectivity index (χ0v) is 18.1. The maximum Gasteiger partial charge on any atom is 0.237 e. The van der Waals surface area contributed by atoms with E-state index in [1.165, 1.54) is 17.7 Å². The number of carbonyl (C=O) groups excluding carboxylic acids is 2. The molecule has 0 unspecified atom stereocenters. The Morgan fingerprint density at radius 3 is 2.40 bits per heavy atom. The van der Waals surface area contributed by atoms with E-state index >= 15 is 0 Å². The predicted octanol–water partition coefficient (Wildman–Crippen LogP) is 4.31. The number of hydrogen-bond acceptors (Lipinski definition) is 3. The average Bonchev–Trinajstić information content (AvgIpc) is 2.71. The molecule has 2 fully saturated rings. The summed E-state index contributed by atoms with van der Waals surface area (Å²) in [4.78, 5) is 27.2. The zero-order chi connectivity index (χ0) is 21.3. The maximum atomic E-state index is 14.8. The first-order valence-electron chi connectivity index (χ1n) is 10.1. The summed E-state index contributed by atoms with van der Waals surface area (Å²) in [7, 11) is 0. The molecule has 30 heavy (non-hydrogen) atoms. The second kappa shape index (κ2) is 8.55. The van der Waals surface area contributed by atoms with Crippen LogP contribution in [0.5, 0.6) is 0 Å². The fourth-order valence-electron chi connectivity index (χ4n) is 4.87. The molecule has 2 aromatic carbocycles. The lowest BCUT2D eigenvalue weighted by Crippen LogP contribution is -2.57. The molecule has 0 spiro atoms. The number of benzene rings is 2. The van der Waals surface area contributed by atoms with Crippen molar-refractivity contribution in [2.45, 2.75) is 37.6 Å². The van der Waals surface area contributed by atoms with Crippen LogP contribution in [0.4, 0.5) is 8.78 Å². The summed E-state index contributed by atoms with van der Waals surface area (Å²) < 4.78 is 29.3. The minimum Gasteiger partial charge on any atom is -0.299 e. The third kappa shape index (κ3) is 4.05. The van der Waals surface area contributed by atoms with Crippen molar-refractivity contribution in [2.75, 3.05) is 13.1 Å². The fraction of sp³-hybridized carbons (Fsp3) is 0.391. The molecular formula is C23H23BrF2N2O2. The van der Waals surface area contributed by atoms with Gasteiger partial charge in [-0.15, -0.1) is 0 Å². The van der Waals surface area contributed by atoms with Gasteiger partial charge in [0.05, 0.1) is 5.41 Å². The van der Waals surface area contributed by atoms with Crippen LogP contribution in [0.2, 0.25) is 0 Å². The largest absolute Gasteiger partial charge is 0.299 e. The summed E-state index contributed by atoms with van der Waals surface area (Å²) in [5.41, 5.74) is 0.257. The third-order valence-electron chi connectivity index (χ3n) is 6.42. The van der Waals surface area contributed by atoms with Gasteiger partial charge in [0, 0.05) is 29.1 Å². The number of halogens is 3. The first kappa shape index (κ1) is 21.1. The van der Waals surface area contributed by atoms with Crippen molar-refractivity contribution in [3.8, 4) is 0 Å². The predicted molar refractivity (Wildman–Crippen MR) is 113 cm³/mol. The molecule has 2 saturated heterocycles. The molecule has 2 aliphatic heterocycles. The SMILES string of the molecule is O=C1CC[C@@](c2ccc(F)cc2F)(C2CCN(Cc3ccc(Br)cc3)CC2)C(=O)N1. The Morgan fingerprint density at radius 1 is 1.07 bits per heavy atom. The molecule has 7 heteroatoms. The van der Waals surface area contributed by atoms with Crippen molar-refractivity contribution < 1.29 is 18.4 Å². The second-order valence-electron chi connectivity index (χ2n) is 8.15. The Labute approximate surface area is 182 Å². The first-order chi connectivity index (χ1) is 14.4. The van der Waals surface area contributed by atoms with Gasteiger partial charge >= 0.3 is 0 Å². The first-order valence-corrected chi connectivity index (χ1v) is 10.9. The Balaban J connectivity index is 1.56. The van der Waals surface area contributed by atoms with Gasteiger partial charge in [-0.25, -0.2) is 8.78 Å². The van der Waals surface area contributed by atoms with Gasteiger partial charge in [0.1, 0.15) is 11.6 Å². The molecule has 0 saturated carbocycles. The van der Waals surface area contributed by atoms with Crippen molar-refractivity contribution in [3.05, 3.63) is 69.7 Å². The highest BCUT2D eigenvalue weighted by atomic mass is 79.9. The van der Waals surface area contributed by atoms with Gasteiger partial charge in [-0.2, -0.15) is 0 Å². The van der Waals surface area contributed by atoms with E-state index in [9.17, 15) is 18.4 Å². The Kier molecular flexibility index (Phi) is 6.02. The standard InChI is InChI=1S/C23H23BrF2N2O2/c24-17-3-1-15(2-4-17)14-28-11-8-16(9-12-28)23(10-7-21(29)27-22(23)30)19-6-5-18(25)13-20(19)26/h1-6,13,16H,7-12,14H2,(H,27,29,30)/t23-/m0/s1. The number of nitrogens with zero attached hydrogens (tertiary/aromatic N) is 1. The Hall–Kier alpha value is -2.12. The van der Waals surface area contributed by atoms with Crippen LogP contribution < -0.4 is 5.32 Å². The molecule has 0 aromatic heterocycles. The van der Waals surface area contributed by atoms with Crippen molar-refractivity contribution in [3.63, 3.8) is 0 Å². The third-order valence-corrected chi connectivity index (χ3v) is 6.95. The van der Waals surface area contributed by atoms with E-state index in [1.807, 2.05) is 12.1 Å². The maximum absolute atomic E-state index is 14.8. The fourth-order valence-corrected chi connectivity index (χ4v) is 5.14. The number of hydrogen-bond donors (Lipinski definition) is 1. The quantitative estimate of drug-likeness (QED) is 0.668. The molecule has 0 aliphatic carbocycles. The summed E-state index contributed by atoms with van der Waals surface area (Å²) in [5.74, 6) is -2.33. The van der Waals surface area contributed by atoms with Gasteiger partial charge in [-0.1, -0.05) is 34.1 Å².